The van der Waals surface area contributed by atoms with Crippen molar-refractivity contribution in [3.05, 3.63) is 77.1 Å². The van der Waals surface area contributed by atoms with Gasteiger partial charge in [-0.3, -0.25) is 19.3 Å². The van der Waals surface area contributed by atoms with E-state index in [-0.39, 0.29) is 28.5 Å². The zero-order valence-corrected chi connectivity index (χ0v) is 18.8. The van der Waals surface area contributed by atoms with Gasteiger partial charge in [0.2, 0.25) is 17.6 Å². The fourth-order valence-corrected chi connectivity index (χ4v) is 3.53. The highest BCUT2D eigenvalue weighted by Crippen LogP contribution is 2.30. The molecule has 0 spiro atoms. The first-order chi connectivity index (χ1) is 16.3. The van der Waals surface area contributed by atoms with Crippen LogP contribution in [-0.4, -0.2) is 53.0 Å². The van der Waals surface area contributed by atoms with Crippen molar-refractivity contribution in [2.75, 3.05) is 13.7 Å². The van der Waals surface area contributed by atoms with Crippen LogP contribution in [0.15, 0.2) is 71.0 Å². The Labute approximate surface area is 195 Å². The molecule has 2 amide bonds. The number of nitrogens with zero attached hydrogens (tertiary/aromatic N) is 3. The van der Waals surface area contributed by atoms with Crippen LogP contribution < -0.4 is 9.47 Å². The molecule has 0 unspecified atom stereocenters. The summed E-state index contributed by atoms with van der Waals surface area (Å²) in [5, 5.41) is 0. The van der Waals surface area contributed by atoms with Gasteiger partial charge in [-0.25, -0.2) is 4.79 Å². The number of carbonyl (C=O) groups is 4. The minimum absolute atomic E-state index is 0.0401. The number of amides is 2. The molecule has 0 saturated carbocycles. The van der Waals surface area contributed by atoms with E-state index in [1.165, 1.54) is 24.0 Å². The van der Waals surface area contributed by atoms with Crippen LogP contribution in [-0.2, 0) is 14.4 Å². The van der Waals surface area contributed by atoms with Gasteiger partial charge in [0.15, 0.2) is 0 Å². The maximum absolute atomic E-state index is 13.3. The molecule has 2 aromatic carbocycles. The molecular formula is C25H21N3O6. The molecule has 0 bridgehead atoms. The smallest absolute Gasteiger partial charge is 0.349 e. The minimum atomic E-state index is -0.898. The van der Waals surface area contributed by atoms with Crippen LogP contribution in [0.25, 0.3) is 6.08 Å². The lowest BCUT2D eigenvalue weighted by atomic mass is 10.0. The van der Waals surface area contributed by atoms with Gasteiger partial charge in [0.25, 0.3) is 5.91 Å². The standard InChI is InChI=1S/C25H21N3O6/c1-4-33-17-11-9-16(10-12-17)13-20-23(31)28(25(27(20)3)26-15(2)29)14-19-22(30)18-7-5-6-8-21(18)34-24(19)32/h5-14H,4H2,1-3H3/b19-14-,20-13+,26-25?. The predicted molar refractivity (Wildman–Crippen MR) is 123 cm³/mol. The molecule has 0 aromatic heterocycles. The average Bonchev–Trinajstić information content (AvgIpc) is 3.01. The maximum atomic E-state index is 13.3. The highest BCUT2D eigenvalue weighted by atomic mass is 16.5. The molecular weight excluding hydrogens is 438 g/mol. The molecule has 172 valence electrons. The summed E-state index contributed by atoms with van der Waals surface area (Å²) in [5.41, 5.74) is 0.748. The van der Waals surface area contributed by atoms with Crippen molar-refractivity contribution < 1.29 is 28.7 Å². The third-order valence-electron chi connectivity index (χ3n) is 5.12. The number of esters is 1. The van der Waals surface area contributed by atoms with Gasteiger partial charge in [-0.15, -0.1) is 0 Å². The molecule has 1 saturated heterocycles. The first-order valence-electron chi connectivity index (χ1n) is 10.5. The van der Waals surface area contributed by atoms with Crippen molar-refractivity contribution in [2.24, 2.45) is 4.99 Å². The van der Waals surface area contributed by atoms with Crippen molar-refractivity contribution in [2.45, 2.75) is 13.8 Å². The van der Waals surface area contributed by atoms with Crippen LogP contribution in [0.2, 0.25) is 0 Å². The van der Waals surface area contributed by atoms with Crippen LogP contribution in [0, 0.1) is 0 Å². The Morgan fingerprint density at radius 2 is 1.79 bits per heavy atom. The molecule has 0 aliphatic carbocycles. The Morgan fingerprint density at radius 3 is 2.47 bits per heavy atom. The van der Waals surface area contributed by atoms with Crippen molar-refractivity contribution in [1.29, 1.82) is 0 Å². The quantitative estimate of drug-likeness (QED) is 0.300. The highest BCUT2D eigenvalue weighted by Gasteiger charge is 2.39. The number of benzene rings is 2. The Bertz CT molecular complexity index is 1290. The number of aliphatic imine (C=N–C) groups is 1. The molecule has 2 aliphatic heterocycles. The summed E-state index contributed by atoms with van der Waals surface area (Å²) in [6, 6.07) is 13.4. The zero-order chi connectivity index (χ0) is 24.4. The van der Waals surface area contributed by atoms with E-state index in [0.717, 1.165) is 11.1 Å². The number of para-hydroxylation sites is 1. The maximum Gasteiger partial charge on any atom is 0.349 e. The number of hydrogen-bond acceptors (Lipinski definition) is 6. The molecule has 2 aliphatic rings. The lowest BCUT2D eigenvalue weighted by molar-refractivity contribution is -0.130. The molecule has 0 radical (unpaired) electrons. The van der Waals surface area contributed by atoms with Gasteiger partial charge < -0.3 is 14.4 Å². The van der Waals surface area contributed by atoms with Crippen molar-refractivity contribution in [1.82, 2.24) is 9.80 Å². The van der Waals surface area contributed by atoms with E-state index in [4.69, 9.17) is 9.47 Å². The topological polar surface area (TPSA) is 106 Å². The van der Waals surface area contributed by atoms with Crippen LogP contribution in [0.4, 0.5) is 0 Å². The van der Waals surface area contributed by atoms with Gasteiger partial charge in [-0.2, -0.15) is 4.99 Å². The number of hydrogen-bond donors (Lipinski definition) is 0. The summed E-state index contributed by atoms with van der Waals surface area (Å²) < 4.78 is 10.7. The van der Waals surface area contributed by atoms with Gasteiger partial charge in [-0.05, 0) is 42.8 Å². The van der Waals surface area contributed by atoms with Gasteiger partial charge in [0.05, 0.1) is 12.2 Å². The van der Waals surface area contributed by atoms with Crippen molar-refractivity contribution in [3.63, 3.8) is 0 Å². The molecule has 2 aromatic rings. The van der Waals surface area contributed by atoms with Crippen molar-refractivity contribution >= 4 is 35.6 Å². The summed E-state index contributed by atoms with van der Waals surface area (Å²) in [6.07, 6.45) is 2.68. The van der Waals surface area contributed by atoms with Crippen LogP contribution >= 0.6 is 0 Å². The molecule has 4 rings (SSSR count). The lowest BCUT2D eigenvalue weighted by Gasteiger charge is -2.19. The molecule has 9 nitrogen and oxygen atoms in total. The first kappa shape index (κ1) is 22.7. The first-order valence-corrected chi connectivity index (χ1v) is 10.5. The van der Waals surface area contributed by atoms with Crippen molar-refractivity contribution in [3.8, 4) is 11.5 Å². The van der Waals surface area contributed by atoms with Crippen LogP contribution in [0.5, 0.6) is 11.5 Å². The summed E-state index contributed by atoms with van der Waals surface area (Å²) in [5.74, 6) is -1.81. The van der Waals surface area contributed by atoms with Gasteiger partial charge in [0.1, 0.15) is 22.8 Å². The van der Waals surface area contributed by atoms with E-state index in [0.29, 0.717) is 17.9 Å². The van der Waals surface area contributed by atoms with Crippen LogP contribution in [0.1, 0.15) is 29.8 Å². The summed E-state index contributed by atoms with van der Waals surface area (Å²) in [4.78, 5) is 56.9. The van der Waals surface area contributed by atoms with E-state index in [1.54, 1.807) is 49.5 Å². The number of likely N-dealkylation sites (N-methyl/N-ethyl adjacent to an activating group) is 1. The molecule has 0 atom stereocenters. The summed E-state index contributed by atoms with van der Waals surface area (Å²) >= 11 is 0. The van der Waals surface area contributed by atoms with E-state index < -0.39 is 23.6 Å². The van der Waals surface area contributed by atoms with Gasteiger partial charge in [0, 0.05) is 20.2 Å². The predicted octanol–water partition coefficient (Wildman–Crippen LogP) is 2.79. The minimum Gasteiger partial charge on any atom is -0.494 e. The number of fused-ring (bicyclic) bond motifs is 1. The Hall–Kier alpha value is -4.53. The Kier molecular flexibility index (Phi) is 6.09. The number of ketones is 1. The second-order valence-electron chi connectivity index (χ2n) is 7.45. The Morgan fingerprint density at radius 1 is 1.09 bits per heavy atom. The van der Waals surface area contributed by atoms with E-state index in [2.05, 4.69) is 4.99 Å². The number of ether oxygens (including phenoxy) is 2. The largest absolute Gasteiger partial charge is 0.494 e. The summed E-state index contributed by atoms with van der Waals surface area (Å²) in [6.45, 7) is 3.65. The number of rotatable bonds is 4. The summed E-state index contributed by atoms with van der Waals surface area (Å²) in [7, 11) is 1.56. The molecule has 34 heavy (non-hydrogen) atoms. The second kappa shape index (κ2) is 9.14. The fraction of sp³-hybridized carbons (Fsp3) is 0.160. The monoisotopic (exact) mass is 459 g/mol. The SMILES string of the molecule is CCOc1ccc(/C=C2\C(=O)N(/C=C3\C(=O)Oc4ccccc4C3=O)C(=NC(C)=O)N2C)cc1. The second-order valence-corrected chi connectivity index (χ2v) is 7.45. The molecule has 1 fully saturated rings. The molecule has 0 N–H and O–H groups in total. The average molecular weight is 459 g/mol. The molecule has 2 heterocycles. The van der Waals surface area contributed by atoms with E-state index >= 15 is 0 Å². The van der Waals surface area contributed by atoms with Crippen LogP contribution in [0.3, 0.4) is 0 Å². The zero-order valence-electron chi connectivity index (χ0n) is 18.8. The third kappa shape index (κ3) is 4.23. The third-order valence-corrected chi connectivity index (χ3v) is 5.12. The fourth-order valence-electron chi connectivity index (χ4n) is 3.53. The Balaban J connectivity index is 1.74. The van der Waals surface area contributed by atoms with E-state index in [9.17, 15) is 19.2 Å². The lowest BCUT2D eigenvalue weighted by Crippen LogP contribution is -2.33. The number of guanidine groups is 1. The normalized spacial score (nSPS) is 19.1. The van der Waals surface area contributed by atoms with Gasteiger partial charge >= 0.3 is 5.97 Å². The highest BCUT2D eigenvalue weighted by molar-refractivity contribution is 6.28. The van der Waals surface area contributed by atoms with E-state index in [1.807, 2.05) is 6.92 Å². The van der Waals surface area contributed by atoms with Gasteiger partial charge in [-0.1, -0.05) is 24.3 Å². The number of carbonyl (C=O) groups excluding carboxylic acids is 4. The number of Topliss-reactive ketones (excluding diaryl/α,β-unsaturated/α-hetero) is 1. The molecule has 9 heteroatoms.